The van der Waals surface area contributed by atoms with Gasteiger partial charge < -0.3 is 0 Å². The minimum atomic E-state index is 0.644. The average Bonchev–Trinajstić information content (AvgIpc) is 2.55. The number of aryl methyl sites for hydroxylation is 1. The van der Waals surface area contributed by atoms with Gasteiger partial charge in [-0.2, -0.15) is 9.83 Å². The van der Waals surface area contributed by atoms with E-state index in [1.807, 2.05) is 37.5 Å². The number of fused-ring (bicyclic) bond motifs is 1. The van der Waals surface area contributed by atoms with Crippen molar-refractivity contribution in [1.82, 2.24) is 0 Å². The van der Waals surface area contributed by atoms with Crippen LogP contribution in [0.15, 0.2) is 65.7 Å². The second kappa shape index (κ2) is 5.56. The van der Waals surface area contributed by atoms with Crippen LogP contribution in [0.2, 0.25) is 0 Å². The molecule has 1 heterocycles. The number of rotatable bonds is 2. The van der Waals surface area contributed by atoms with E-state index < -0.39 is 0 Å². The summed E-state index contributed by atoms with van der Waals surface area (Å²) in [4.78, 5) is 4.46. The Hall–Kier alpha value is -2.99. The first-order valence-corrected chi connectivity index (χ1v) is 6.70. The van der Waals surface area contributed by atoms with E-state index in [2.05, 4.69) is 39.9 Å². The highest BCUT2D eigenvalue weighted by Gasteiger charge is 2.08. The maximum absolute atomic E-state index is 8.78. The van der Waals surface area contributed by atoms with Crippen molar-refractivity contribution in [1.29, 1.82) is 5.26 Å². The lowest BCUT2D eigenvalue weighted by Gasteiger charge is -1.99. The summed E-state index contributed by atoms with van der Waals surface area (Å²) in [6.07, 6.45) is 1.84. The summed E-state index contributed by atoms with van der Waals surface area (Å²) >= 11 is 0. The van der Waals surface area contributed by atoms with Gasteiger partial charge in [-0.15, -0.1) is 0 Å². The van der Waals surface area contributed by atoms with Crippen molar-refractivity contribution in [2.45, 2.75) is 0 Å². The molecule has 21 heavy (non-hydrogen) atoms. The highest BCUT2D eigenvalue weighted by Crippen LogP contribution is 2.13. The molecule has 0 spiro atoms. The minimum Gasteiger partial charge on any atom is -0.250 e. The van der Waals surface area contributed by atoms with E-state index in [4.69, 9.17) is 5.26 Å². The van der Waals surface area contributed by atoms with Crippen LogP contribution < -0.4 is 4.57 Å². The SMILES string of the molecule is C[n+]1c(C=Nc2ccc(C#N)cc2)ccc2ccccc21. The van der Waals surface area contributed by atoms with Crippen LogP contribution in [-0.2, 0) is 7.05 Å². The highest BCUT2D eigenvalue weighted by molar-refractivity contribution is 5.82. The van der Waals surface area contributed by atoms with Gasteiger partial charge in [0.15, 0.2) is 0 Å². The third kappa shape index (κ3) is 2.65. The molecule has 0 aliphatic rings. The number of benzene rings is 2. The lowest BCUT2D eigenvalue weighted by Crippen LogP contribution is -2.34. The number of pyridine rings is 1. The molecule has 3 heteroatoms. The Balaban J connectivity index is 1.95. The quantitative estimate of drug-likeness (QED) is 0.521. The van der Waals surface area contributed by atoms with Crippen molar-refractivity contribution in [3.63, 3.8) is 0 Å². The average molecular weight is 272 g/mol. The van der Waals surface area contributed by atoms with Crippen LogP contribution in [-0.4, -0.2) is 6.21 Å². The van der Waals surface area contributed by atoms with Crippen LogP contribution in [0.1, 0.15) is 11.3 Å². The monoisotopic (exact) mass is 272 g/mol. The molecule has 1 aromatic heterocycles. The molecule has 0 aliphatic carbocycles. The number of aliphatic imine (C=N–C) groups is 1. The van der Waals surface area contributed by atoms with E-state index in [-0.39, 0.29) is 0 Å². The molecular weight excluding hydrogens is 258 g/mol. The predicted molar refractivity (Wildman–Crippen MR) is 83.5 cm³/mol. The van der Waals surface area contributed by atoms with E-state index in [1.165, 1.54) is 10.9 Å². The zero-order valence-electron chi connectivity index (χ0n) is 11.7. The van der Waals surface area contributed by atoms with Gasteiger partial charge in [-0.1, -0.05) is 12.1 Å². The Labute approximate surface area is 123 Å². The molecule has 0 atom stereocenters. The summed E-state index contributed by atoms with van der Waals surface area (Å²) in [7, 11) is 2.03. The third-order valence-corrected chi connectivity index (χ3v) is 3.46. The van der Waals surface area contributed by atoms with Gasteiger partial charge in [0.25, 0.3) is 0 Å². The summed E-state index contributed by atoms with van der Waals surface area (Å²) in [5, 5.41) is 9.99. The normalized spacial score (nSPS) is 10.9. The van der Waals surface area contributed by atoms with Crippen LogP contribution in [0.25, 0.3) is 10.9 Å². The number of nitrogens with zero attached hydrogens (tertiary/aromatic N) is 3. The Morgan fingerprint density at radius 1 is 1.00 bits per heavy atom. The largest absolute Gasteiger partial charge is 0.250 e. The third-order valence-electron chi connectivity index (χ3n) is 3.46. The van der Waals surface area contributed by atoms with Gasteiger partial charge in [0.1, 0.15) is 7.05 Å². The molecule has 0 unspecified atom stereocenters. The molecule has 0 amide bonds. The van der Waals surface area contributed by atoms with Crippen LogP contribution in [0.5, 0.6) is 0 Å². The maximum atomic E-state index is 8.78. The molecule has 0 fully saturated rings. The zero-order chi connectivity index (χ0) is 14.7. The molecule has 3 rings (SSSR count). The summed E-state index contributed by atoms with van der Waals surface area (Å²) < 4.78 is 2.11. The molecule has 0 saturated heterocycles. The molecule has 0 saturated carbocycles. The summed E-state index contributed by atoms with van der Waals surface area (Å²) in [5.74, 6) is 0. The fourth-order valence-corrected chi connectivity index (χ4v) is 2.25. The molecule has 2 aromatic carbocycles. The number of aromatic nitrogens is 1. The lowest BCUT2D eigenvalue weighted by molar-refractivity contribution is -0.645. The van der Waals surface area contributed by atoms with Crippen LogP contribution in [0.4, 0.5) is 5.69 Å². The standard InChI is InChI=1S/C18H14N3/c1-21-17(11-8-15-4-2-3-5-18(15)21)13-20-16-9-6-14(12-19)7-10-16/h2-11,13H,1H3/q+1. The summed E-state index contributed by atoms with van der Waals surface area (Å²) in [6.45, 7) is 0. The Kier molecular flexibility index (Phi) is 3.44. The Bertz CT molecular complexity index is 856. The molecule has 0 N–H and O–H groups in total. The van der Waals surface area contributed by atoms with Crippen LogP contribution in [0.3, 0.4) is 0 Å². The van der Waals surface area contributed by atoms with Gasteiger partial charge in [-0.3, -0.25) is 0 Å². The highest BCUT2D eigenvalue weighted by atomic mass is 14.9. The number of nitriles is 1. The summed E-state index contributed by atoms with van der Waals surface area (Å²) in [5.41, 5.74) is 3.67. The van der Waals surface area contributed by atoms with E-state index in [1.54, 1.807) is 12.1 Å². The number of hydrogen-bond donors (Lipinski definition) is 0. The molecule has 3 aromatic rings. The fraction of sp³-hybridized carbons (Fsp3) is 0.0556. The van der Waals surface area contributed by atoms with Crippen molar-refractivity contribution >= 4 is 22.8 Å². The Morgan fingerprint density at radius 3 is 2.52 bits per heavy atom. The van der Waals surface area contributed by atoms with Crippen LogP contribution in [0, 0.1) is 11.3 Å². The van der Waals surface area contributed by atoms with Crippen molar-refractivity contribution in [2.24, 2.45) is 12.0 Å². The molecule has 3 nitrogen and oxygen atoms in total. The second-order valence-corrected chi connectivity index (χ2v) is 4.79. The first kappa shape index (κ1) is 13.0. The fourth-order valence-electron chi connectivity index (χ4n) is 2.25. The number of hydrogen-bond acceptors (Lipinski definition) is 2. The second-order valence-electron chi connectivity index (χ2n) is 4.79. The molecule has 100 valence electrons. The minimum absolute atomic E-state index is 0.644. The first-order chi connectivity index (χ1) is 10.3. The van der Waals surface area contributed by atoms with Crippen molar-refractivity contribution in [2.75, 3.05) is 0 Å². The topological polar surface area (TPSA) is 40.0 Å². The smallest absolute Gasteiger partial charge is 0.223 e. The van der Waals surface area contributed by atoms with Crippen LogP contribution >= 0.6 is 0 Å². The molecule has 0 aliphatic heterocycles. The molecule has 0 radical (unpaired) electrons. The number of para-hydroxylation sites is 1. The van der Waals surface area contributed by atoms with E-state index in [0.717, 1.165) is 11.4 Å². The van der Waals surface area contributed by atoms with E-state index in [9.17, 15) is 0 Å². The van der Waals surface area contributed by atoms with Gasteiger partial charge in [-0.25, -0.2) is 4.99 Å². The Morgan fingerprint density at radius 2 is 1.76 bits per heavy atom. The first-order valence-electron chi connectivity index (χ1n) is 6.70. The zero-order valence-corrected chi connectivity index (χ0v) is 11.7. The maximum Gasteiger partial charge on any atom is 0.223 e. The van der Waals surface area contributed by atoms with Crippen molar-refractivity contribution in [3.8, 4) is 6.07 Å². The van der Waals surface area contributed by atoms with E-state index in [0.29, 0.717) is 5.56 Å². The van der Waals surface area contributed by atoms with Crippen molar-refractivity contribution in [3.05, 3.63) is 71.9 Å². The van der Waals surface area contributed by atoms with Gasteiger partial charge in [0.2, 0.25) is 11.2 Å². The van der Waals surface area contributed by atoms with E-state index >= 15 is 0 Å². The molecule has 0 bridgehead atoms. The van der Waals surface area contributed by atoms with Gasteiger partial charge in [0, 0.05) is 17.5 Å². The van der Waals surface area contributed by atoms with Gasteiger partial charge >= 0.3 is 0 Å². The summed E-state index contributed by atoms with van der Waals surface area (Å²) in [6, 6.07) is 21.7. The lowest BCUT2D eigenvalue weighted by atomic mass is 10.2. The predicted octanol–water partition coefficient (Wildman–Crippen LogP) is 3.29. The van der Waals surface area contributed by atoms with Gasteiger partial charge in [-0.05, 0) is 36.4 Å². The van der Waals surface area contributed by atoms with Crippen molar-refractivity contribution < 1.29 is 4.57 Å². The molecular formula is C18H14N3+. The van der Waals surface area contributed by atoms with Gasteiger partial charge in [0.05, 0.1) is 23.5 Å².